The number of benzene rings is 3. The molecule has 5 aromatic rings. The Kier molecular flexibility index (Phi) is 3.91. The number of carbonyl (C=O) groups excluding carboxylic acids is 1. The van der Waals surface area contributed by atoms with Crippen LogP contribution < -0.4 is 5.32 Å². The van der Waals surface area contributed by atoms with Crippen molar-refractivity contribution in [1.29, 1.82) is 0 Å². The predicted octanol–water partition coefficient (Wildman–Crippen LogP) is 3.59. The van der Waals surface area contributed by atoms with Gasteiger partial charge in [-0.05, 0) is 31.8 Å². The first-order valence-electron chi connectivity index (χ1n) is 10.6. The topological polar surface area (TPSA) is 73.3 Å². The largest absolute Gasteiger partial charge is 0.390 e. The van der Waals surface area contributed by atoms with E-state index in [1.54, 1.807) is 0 Å². The maximum atomic E-state index is 12.9. The van der Waals surface area contributed by atoms with Crippen LogP contribution in [0.25, 0.3) is 43.6 Å². The molecule has 6 rings (SSSR count). The molecule has 6 heteroatoms. The number of nitrogens with zero attached hydrogens (tertiary/aromatic N) is 2. The Bertz CT molecular complexity index is 1510. The molecular weight excluding hydrogens is 388 g/mol. The first-order chi connectivity index (χ1) is 15.0. The van der Waals surface area contributed by atoms with Crippen LogP contribution in [0, 0.1) is 0 Å². The molecule has 156 valence electrons. The zero-order valence-corrected chi connectivity index (χ0v) is 17.6. The summed E-state index contributed by atoms with van der Waals surface area (Å²) in [6.45, 7) is 1.58. The molecule has 1 unspecified atom stereocenters. The fourth-order valence-electron chi connectivity index (χ4n) is 5.29. The lowest BCUT2D eigenvalue weighted by Crippen LogP contribution is -2.29. The van der Waals surface area contributed by atoms with Gasteiger partial charge in [0.25, 0.3) is 5.91 Å². The van der Waals surface area contributed by atoms with Crippen molar-refractivity contribution in [2.24, 2.45) is 0 Å². The molecular formula is C25H24N4O2. The maximum absolute atomic E-state index is 12.9. The quantitative estimate of drug-likeness (QED) is 0.422. The molecule has 1 atom stereocenters. The van der Waals surface area contributed by atoms with Gasteiger partial charge in [-0.1, -0.05) is 36.4 Å². The van der Waals surface area contributed by atoms with Crippen molar-refractivity contribution < 1.29 is 9.90 Å². The Balaban J connectivity index is 1.81. The van der Waals surface area contributed by atoms with Crippen molar-refractivity contribution in [1.82, 2.24) is 19.8 Å². The monoisotopic (exact) mass is 412 g/mol. The number of fused-ring (bicyclic) bond motifs is 10. The Morgan fingerprint density at radius 1 is 1.06 bits per heavy atom. The number of carbonyl (C=O) groups is 1. The summed E-state index contributed by atoms with van der Waals surface area (Å²) in [6.07, 6.45) is -0.513. The van der Waals surface area contributed by atoms with E-state index in [0.717, 1.165) is 54.7 Å². The van der Waals surface area contributed by atoms with Crippen LogP contribution in [0.2, 0.25) is 0 Å². The maximum Gasteiger partial charge on any atom is 0.252 e. The van der Waals surface area contributed by atoms with Crippen LogP contribution in [0.5, 0.6) is 0 Å². The van der Waals surface area contributed by atoms with Crippen molar-refractivity contribution in [3.05, 3.63) is 59.7 Å². The number of aromatic amines is 1. The SMILES string of the molecule is CN(C)CC(O)Cn1c2ccccc2c2c3c(c4c5ccccc5[nH]c4c21)C(=O)NC3. The number of H-pyrrole nitrogens is 1. The second-order valence-electron chi connectivity index (χ2n) is 8.72. The van der Waals surface area contributed by atoms with E-state index in [1.165, 1.54) is 0 Å². The average molecular weight is 412 g/mol. The molecule has 0 saturated carbocycles. The summed E-state index contributed by atoms with van der Waals surface area (Å²) < 4.78 is 2.22. The minimum absolute atomic E-state index is 0.0175. The van der Waals surface area contributed by atoms with Crippen LogP contribution >= 0.6 is 0 Å². The molecule has 0 fully saturated rings. The second kappa shape index (κ2) is 6.57. The Morgan fingerprint density at radius 2 is 1.81 bits per heavy atom. The van der Waals surface area contributed by atoms with E-state index < -0.39 is 6.10 Å². The van der Waals surface area contributed by atoms with Crippen molar-refractivity contribution in [3.8, 4) is 0 Å². The molecule has 3 N–H and O–H groups in total. The fourth-order valence-corrected chi connectivity index (χ4v) is 5.29. The summed E-state index contributed by atoms with van der Waals surface area (Å²) in [5.41, 5.74) is 5.92. The van der Waals surface area contributed by atoms with Gasteiger partial charge < -0.3 is 24.9 Å². The molecule has 1 amide bonds. The van der Waals surface area contributed by atoms with Crippen LogP contribution in [0.1, 0.15) is 15.9 Å². The standard InChI is InChI=1S/C25H24N4O2/c1-28(2)12-14(30)13-29-19-10-6-4-8-16(19)20-17-11-26-25(31)22(17)21-15-7-3-5-9-18(15)27-23(21)24(20)29/h3-10,14,27,30H,11-13H2,1-2H3,(H,26,31). The highest BCUT2D eigenvalue weighted by Gasteiger charge is 2.30. The van der Waals surface area contributed by atoms with E-state index in [4.69, 9.17) is 0 Å². The van der Waals surface area contributed by atoms with E-state index in [9.17, 15) is 9.90 Å². The highest BCUT2D eigenvalue weighted by atomic mass is 16.3. The van der Waals surface area contributed by atoms with Crippen molar-refractivity contribution >= 4 is 49.5 Å². The molecule has 6 nitrogen and oxygen atoms in total. The van der Waals surface area contributed by atoms with E-state index in [1.807, 2.05) is 49.3 Å². The van der Waals surface area contributed by atoms with Gasteiger partial charge in [0, 0.05) is 45.7 Å². The summed E-state index contributed by atoms with van der Waals surface area (Å²) in [5, 5.41) is 18.1. The van der Waals surface area contributed by atoms with Crippen LogP contribution in [0.15, 0.2) is 48.5 Å². The smallest absolute Gasteiger partial charge is 0.252 e. The van der Waals surface area contributed by atoms with Crippen LogP contribution in [-0.4, -0.2) is 52.2 Å². The molecule has 3 aromatic carbocycles. The number of aliphatic hydroxyl groups excluding tert-OH is 1. The molecule has 3 heterocycles. The Labute approximate surface area is 179 Å². The number of nitrogens with one attached hydrogen (secondary N) is 2. The number of aromatic nitrogens is 2. The number of para-hydroxylation sites is 2. The number of amides is 1. The summed E-state index contributed by atoms with van der Waals surface area (Å²) in [6, 6.07) is 16.4. The molecule has 1 aliphatic heterocycles. The van der Waals surface area contributed by atoms with E-state index in [-0.39, 0.29) is 5.91 Å². The normalized spacial score (nSPS) is 14.9. The Hall–Kier alpha value is -3.35. The predicted molar refractivity (Wildman–Crippen MR) is 125 cm³/mol. The van der Waals surface area contributed by atoms with Gasteiger partial charge in [0.15, 0.2) is 0 Å². The molecule has 0 spiro atoms. The van der Waals surface area contributed by atoms with Gasteiger partial charge in [-0.3, -0.25) is 4.79 Å². The van der Waals surface area contributed by atoms with Gasteiger partial charge in [-0.2, -0.15) is 0 Å². The summed E-state index contributed by atoms with van der Waals surface area (Å²) in [4.78, 5) is 18.5. The fraction of sp³-hybridized carbons (Fsp3) is 0.240. The molecule has 0 saturated heterocycles. The number of hydrogen-bond acceptors (Lipinski definition) is 3. The lowest BCUT2D eigenvalue weighted by atomic mass is 9.97. The van der Waals surface area contributed by atoms with Gasteiger partial charge in [-0.15, -0.1) is 0 Å². The van der Waals surface area contributed by atoms with Gasteiger partial charge in [-0.25, -0.2) is 0 Å². The number of hydrogen-bond donors (Lipinski definition) is 3. The molecule has 1 aliphatic rings. The summed E-state index contributed by atoms with van der Waals surface area (Å²) >= 11 is 0. The lowest BCUT2D eigenvalue weighted by molar-refractivity contribution is 0.0967. The van der Waals surface area contributed by atoms with Crippen LogP contribution in [0.4, 0.5) is 0 Å². The average Bonchev–Trinajstić information content (AvgIpc) is 3.40. The number of likely N-dealkylation sites (N-methyl/N-ethyl adjacent to an activating group) is 1. The zero-order valence-electron chi connectivity index (χ0n) is 17.6. The van der Waals surface area contributed by atoms with Crippen molar-refractivity contribution in [2.45, 2.75) is 19.2 Å². The van der Waals surface area contributed by atoms with Gasteiger partial charge >= 0.3 is 0 Å². The third kappa shape index (κ3) is 2.55. The molecule has 0 bridgehead atoms. The van der Waals surface area contributed by atoms with Crippen molar-refractivity contribution in [3.63, 3.8) is 0 Å². The number of aliphatic hydroxyl groups is 1. The minimum atomic E-state index is -0.513. The molecule has 2 aromatic heterocycles. The van der Waals surface area contributed by atoms with Crippen LogP contribution in [-0.2, 0) is 13.1 Å². The Morgan fingerprint density at radius 3 is 2.61 bits per heavy atom. The third-order valence-corrected chi connectivity index (χ3v) is 6.39. The third-order valence-electron chi connectivity index (χ3n) is 6.39. The van der Waals surface area contributed by atoms with Crippen LogP contribution in [0.3, 0.4) is 0 Å². The van der Waals surface area contributed by atoms with Gasteiger partial charge in [0.05, 0.1) is 29.2 Å². The number of rotatable bonds is 4. The minimum Gasteiger partial charge on any atom is -0.390 e. The van der Waals surface area contributed by atoms with E-state index in [2.05, 4.69) is 33.1 Å². The molecule has 0 radical (unpaired) electrons. The van der Waals surface area contributed by atoms with Gasteiger partial charge in [0.2, 0.25) is 0 Å². The summed E-state index contributed by atoms with van der Waals surface area (Å²) in [7, 11) is 3.93. The first-order valence-corrected chi connectivity index (χ1v) is 10.6. The highest BCUT2D eigenvalue weighted by molar-refractivity contribution is 6.30. The van der Waals surface area contributed by atoms with E-state index in [0.29, 0.717) is 19.6 Å². The van der Waals surface area contributed by atoms with E-state index >= 15 is 0 Å². The second-order valence-corrected chi connectivity index (χ2v) is 8.72. The van der Waals surface area contributed by atoms with Crippen molar-refractivity contribution in [2.75, 3.05) is 20.6 Å². The lowest BCUT2D eigenvalue weighted by Gasteiger charge is -2.18. The summed E-state index contributed by atoms with van der Waals surface area (Å²) in [5.74, 6) is -0.0175. The first kappa shape index (κ1) is 18.4. The zero-order chi connectivity index (χ0) is 21.3. The molecule has 31 heavy (non-hydrogen) atoms. The van der Waals surface area contributed by atoms with Gasteiger partial charge in [0.1, 0.15) is 0 Å². The highest BCUT2D eigenvalue weighted by Crippen LogP contribution is 2.43. The molecule has 0 aliphatic carbocycles.